The number of fused-ring (bicyclic) bond motifs is 1. The van der Waals surface area contributed by atoms with Crippen LogP contribution in [0.5, 0.6) is 17.2 Å². The summed E-state index contributed by atoms with van der Waals surface area (Å²) >= 11 is 0. The van der Waals surface area contributed by atoms with Gasteiger partial charge in [-0.2, -0.15) is 0 Å². The predicted octanol–water partition coefficient (Wildman–Crippen LogP) is 5.20. The van der Waals surface area contributed by atoms with Crippen molar-refractivity contribution >= 4 is 26.6 Å². The van der Waals surface area contributed by atoms with E-state index in [9.17, 15) is 18.6 Å². The molecule has 0 saturated carbocycles. The molecule has 0 bridgehead atoms. The van der Waals surface area contributed by atoms with Gasteiger partial charge in [0, 0.05) is 24.2 Å². The average molecular weight is 614 g/mol. The molecule has 1 heterocycles. The Labute approximate surface area is 257 Å². The zero-order valence-corrected chi connectivity index (χ0v) is 25.1. The van der Waals surface area contributed by atoms with Crippen LogP contribution in [-0.2, 0) is 23.1 Å². The van der Waals surface area contributed by atoms with E-state index in [1.54, 1.807) is 24.4 Å². The number of para-hydroxylation sites is 1. The van der Waals surface area contributed by atoms with E-state index in [-0.39, 0.29) is 31.5 Å². The second-order valence-electron chi connectivity index (χ2n) is 10.5. The quantitative estimate of drug-likeness (QED) is 0.134. The lowest BCUT2D eigenvalue weighted by atomic mass is 10.0. The van der Waals surface area contributed by atoms with Gasteiger partial charge in [0.25, 0.3) is 0 Å². The Morgan fingerprint density at radius 1 is 0.864 bits per heavy atom. The van der Waals surface area contributed by atoms with E-state index in [1.807, 2.05) is 84.9 Å². The fourth-order valence-corrected chi connectivity index (χ4v) is 5.32. The minimum atomic E-state index is -3.59. The van der Waals surface area contributed by atoms with E-state index in [0.29, 0.717) is 23.5 Å². The van der Waals surface area contributed by atoms with Crippen LogP contribution in [0.25, 0.3) is 10.9 Å². The molecule has 1 unspecified atom stereocenters. The Morgan fingerprint density at radius 2 is 1.61 bits per heavy atom. The summed E-state index contributed by atoms with van der Waals surface area (Å²) in [5.41, 5.74) is 3.51. The molecular weight excluding hydrogens is 578 g/mol. The molecule has 44 heavy (non-hydrogen) atoms. The first-order valence-electron chi connectivity index (χ1n) is 14.2. The minimum Gasteiger partial charge on any atom is -0.487 e. The van der Waals surface area contributed by atoms with Crippen LogP contribution in [0.1, 0.15) is 22.8 Å². The molecule has 0 saturated heterocycles. The topological polar surface area (TPSA) is 130 Å². The summed E-state index contributed by atoms with van der Waals surface area (Å²) in [5.74, 6) is 1.75. The van der Waals surface area contributed by atoms with E-state index < -0.39 is 16.1 Å². The van der Waals surface area contributed by atoms with Gasteiger partial charge in [-0.3, -0.25) is 9.71 Å². The number of ether oxygens (including phenoxy) is 2. The first kappa shape index (κ1) is 31.0. The number of hydrogen-bond acceptors (Lipinski definition) is 8. The third kappa shape index (κ3) is 8.55. The minimum absolute atomic E-state index is 0.138. The second-order valence-corrected chi connectivity index (χ2v) is 12.2. The molecule has 2 atom stereocenters. The van der Waals surface area contributed by atoms with Gasteiger partial charge in [-0.05, 0) is 65.6 Å². The number of aliphatic hydroxyl groups excluding tert-OH is 2. The molecule has 0 amide bonds. The molecule has 5 aromatic rings. The van der Waals surface area contributed by atoms with E-state index in [0.717, 1.165) is 34.0 Å². The van der Waals surface area contributed by atoms with Gasteiger partial charge in [0.2, 0.25) is 10.0 Å². The SMILES string of the molecule is CS(=O)(=O)Nc1cc(C(O)CN[C@H](CO)Cc2ccc(Oc3ccnc4ccccc34)cc2)ccc1OCc1ccccc1. The van der Waals surface area contributed by atoms with Crippen molar-refractivity contribution in [2.24, 2.45) is 0 Å². The summed E-state index contributed by atoms with van der Waals surface area (Å²) in [4.78, 5) is 4.37. The molecule has 0 aliphatic heterocycles. The van der Waals surface area contributed by atoms with Gasteiger partial charge in [-0.15, -0.1) is 0 Å². The zero-order valence-electron chi connectivity index (χ0n) is 24.3. The third-order valence-electron chi connectivity index (χ3n) is 6.98. The second kappa shape index (κ2) is 14.3. The summed E-state index contributed by atoms with van der Waals surface area (Å²) in [5, 5.41) is 25.1. The lowest BCUT2D eigenvalue weighted by Gasteiger charge is -2.21. The fourth-order valence-electron chi connectivity index (χ4n) is 4.76. The zero-order chi connectivity index (χ0) is 30.9. The summed E-state index contributed by atoms with van der Waals surface area (Å²) < 4.78 is 38.5. The van der Waals surface area contributed by atoms with Gasteiger partial charge < -0.3 is 25.0 Å². The van der Waals surface area contributed by atoms with Gasteiger partial charge >= 0.3 is 0 Å². The fraction of sp³-hybridized carbons (Fsp3) is 0.206. The Kier molecular flexibility index (Phi) is 10.1. The van der Waals surface area contributed by atoms with E-state index in [4.69, 9.17) is 9.47 Å². The maximum Gasteiger partial charge on any atom is 0.229 e. The number of nitrogens with one attached hydrogen (secondary N) is 2. The molecule has 0 aliphatic rings. The predicted molar refractivity (Wildman–Crippen MR) is 171 cm³/mol. The summed E-state index contributed by atoms with van der Waals surface area (Å²) in [6.45, 7) is 0.264. The van der Waals surface area contributed by atoms with E-state index in [1.165, 1.54) is 0 Å². The Balaban J connectivity index is 1.19. The number of aromatic nitrogens is 1. The number of rotatable bonds is 14. The Bertz CT molecular complexity index is 1780. The molecule has 0 radical (unpaired) electrons. The largest absolute Gasteiger partial charge is 0.487 e. The molecular formula is C34H35N3O6S. The van der Waals surface area contributed by atoms with Crippen molar-refractivity contribution in [3.8, 4) is 17.2 Å². The van der Waals surface area contributed by atoms with Crippen LogP contribution in [0.3, 0.4) is 0 Å². The van der Waals surface area contributed by atoms with Crippen molar-refractivity contribution in [1.29, 1.82) is 0 Å². The van der Waals surface area contributed by atoms with Crippen LogP contribution in [-0.4, -0.2) is 49.1 Å². The highest BCUT2D eigenvalue weighted by molar-refractivity contribution is 7.92. The highest BCUT2D eigenvalue weighted by Gasteiger charge is 2.17. The van der Waals surface area contributed by atoms with Crippen molar-refractivity contribution in [3.05, 3.63) is 126 Å². The van der Waals surface area contributed by atoms with E-state index in [2.05, 4.69) is 15.0 Å². The van der Waals surface area contributed by atoms with Crippen LogP contribution in [0, 0.1) is 0 Å². The van der Waals surface area contributed by atoms with Crippen molar-refractivity contribution in [2.75, 3.05) is 24.1 Å². The van der Waals surface area contributed by atoms with Crippen LogP contribution in [0.15, 0.2) is 109 Å². The third-order valence-corrected chi connectivity index (χ3v) is 7.57. The summed E-state index contributed by atoms with van der Waals surface area (Å²) in [6, 6.07) is 31.4. The number of sulfonamides is 1. The first-order valence-corrected chi connectivity index (χ1v) is 16.1. The monoisotopic (exact) mass is 613 g/mol. The highest BCUT2D eigenvalue weighted by atomic mass is 32.2. The standard InChI is InChI=1S/C34H35N3O6S/c1-44(40,41)37-31-20-26(13-16-34(31)42-23-25-7-3-2-4-8-25)32(39)21-36-27(22-38)19-24-11-14-28(15-12-24)43-33-17-18-35-30-10-6-5-9-29(30)33/h2-18,20,27,32,36-39H,19,21-23H2,1H3/t27-,32?/m0/s1. The van der Waals surface area contributed by atoms with Crippen LogP contribution < -0.4 is 19.5 Å². The maximum atomic E-state index is 12.0. The number of anilines is 1. The molecule has 0 spiro atoms. The van der Waals surface area contributed by atoms with Gasteiger partial charge in [0.1, 0.15) is 23.9 Å². The Morgan fingerprint density at radius 3 is 2.36 bits per heavy atom. The molecule has 10 heteroatoms. The molecule has 9 nitrogen and oxygen atoms in total. The lowest BCUT2D eigenvalue weighted by Crippen LogP contribution is -2.37. The highest BCUT2D eigenvalue weighted by Crippen LogP contribution is 2.31. The van der Waals surface area contributed by atoms with Gasteiger partial charge in [0.15, 0.2) is 0 Å². The van der Waals surface area contributed by atoms with Crippen molar-refractivity contribution < 1.29 is 28.1 Å². The van der Waals surface area contributed by atoms with Crippen LogP contribution in [0.4, 0.5) is 5.69 Å². The molecule has 228 valence electrons. The molecule has 1 aromatic heterocycles. The Hall–Kier alpha value is -4.48. The van der Waals surface area contributed by atoms with Gasteiger partial charge in [0.05, 0.1) is 30.2 Å². The number of pyridine rings is 1. The van der Waals surface area contributed by atoms with E-state index >= 15 is 0 Å². The maximum absolute atomic E-state index is 12.0. The smallest absolute Gasteiger partial charge is 0.229 e. The number of aliphatic hydroxyl groups is 2. The summed E-state index contributed by atoms with van der Waals surface area (Å²) in [6.07, 6.45) is 2.34. The molecule has 4 aromatic carbocycles. The number of nitrogens with zero attached hydrogens (tertiary/aromatic N) is 1. The van der Waals surface area contributed by atoms with Gasteiger partial charge in [-0.1, -0.05) is 60.7 Å². The van der Waals surface area contributed by atoms with Crippen LogP contribution >= 0.6 is 0 Å². The average Bonchev–Trinajstić information content (AvgIpc) is 3.03. The van der Waals surface area contributed by atoms with Gasteiger partial charge in [-0.25, -0.2) is 8.42 Å². The number of hydrogen-bond donors (Lipinski definition) is 4. The number of benzene rings is 4. The van der Waals surface area contributed by atoms with Crippen molar-refractivity contribution in [3.63, 3.8) is 0 Å². The van der Waals surface area contributed by atoms with Crippen LogP contribution in [0.2, 0.25) is 0 Å². The molecule has 4 N–H and O–H groups in total. The molecule has 5 rings (SSSR count). The first-order chi connectivity index (χ1) is 21.3. The molecule has 0 fully saturated rings. The summed E-state index contributed by atoms with van der Waals surface area (Å²) in [7, 11) is -3.59. The molecule has 0 aliphatic carbocycles. The normalized spacial score (nSPS) is 12.9. The lowest BCUT2D eigenvalue weighted by molar-refractivity contribution is 0.158. The van der Waals surface area contributed by atoms with Crippen molar-refractivity contribution in [1.82, 2.24) is 10.3 Å². The van der Waals surface area contributed by atoms with Crippen molar-refractivity contribution in [2.45, 2.75) is 25.2 Å².